The number of rotatable bonds is 1. The number of nitrogens with zero attached hydrogens (tertiary/aromatic N) is 1. The standard InChI is InChI=1S/C21H27NO4/c1-10-8-14(13(4)12(3)11(10)2)22-18(24)16-17-19(22)25-7-6-21(17)9-15(23)20(16,5)26-21/h8,15-17,19,23H,6-7,9H2,1-5H3/t15-,16-,17+,19+,20-,21+/m1/s1. The van der Waals surface area contributed by atoms with Crippen molar-refractivity contribution in [1.82, 2.24) is 0 Å². The number of hydrogen-bond donors (Lipinski definition) is 1. The molecule has 4 fully saturated rings. The third-order valence-electron chi connectivity index (χ3n) is 7.80. The molecule has 2 bridgehead atoms. The van der Waals surface area contributed by atoms with E-state index in [2.05, 4.69) is 33.8 Å². The summed E-state index contributed by atoms with van der Waals surface area (Å²) in [5.41, 5.74) is 4.53. The first-order chi connectivity index (χ1) is 12.2. The predicted molar refractivity (Wildman–Crippen MR) is 97.1 cm³/mol. The van der Waals surface area contributed by atoms with Crippen LogP contribution in [0, 0.1) is 39.5 Å². The summed E-state index contributed by atoms with van der Waals surface area (Å²) in [5.74, 6) is -0.299. The molecule has 1 aromatic carbocycles. The minimum Gasteiger partial charge on any atom is -0.390 e. The monoisotopic (exact) mass is 357 g/mol. The van der Waals surface area contributed by atoms with Crippen molar-refractivity contribution >= 4 is 11.6 Å². The van der Waals surface area contributed by atoms with Crippen molar-refractivity contribution in [2.45, 2.75) is 71.0 Å². The van der Waals surface area contributed by atoms with Crippen molar-refractivity contribution in [2.24, 2.45) is 11.8 Å². The van der Waals surface area contributed by atoms with E-state index in [9.17, 15) is 9.90 Å². The highest BCUT2D eigenvalue weighted by Gasteiger charge is 2.78. The first-order valence-electron chi connectivity index (χ1n) is 9.61. The molecule has 0 aromatic heterocycles. The average Bonchev–Trinajstić information content (AvgIpc) is 3.14. The zero-order chi connectivity index (χ0) is 18.6. The van der Waals surface area contributed by atoms with Crippen LogP contribution >= 0.6 is 0 Å². The molecule has 4 aliphatic rings. The quantitative estimate of drug-likeness (QED) is 0.839. The molecule has 0 aliphatic carbocycles. The molecule has 6 atom stereocenters. The van der Waals surface area contributed by atoms with Gasteiger partial charge in [-0.2, -0.15) is 0 Å². The lowest BCUT2D eigenvalue weighted by atomic mass is 9.65. The highest BCUT2D eigenvalue weighted by molar-refractivity contribution is 6.00. The predicted octanol–water partition coefficient (Wildman–Crippen LogP) is 2.54. The van der Waals surface area contributed by atoms with E-state index in [1.54, 1.807) is 0 Å². The molecule has 26 heavy (non-hydrogen) atoms. The summed E-state index contributed by atoms with van der Waals surface area (Å²) in [4.78, 5) is 15.5. The molecule has 1 spiro atoms. The Kier molecular flexibility index (Phi) is 3.14. The first kappa shape index (κ1) is 16.7. The summed E-state index contributed by atoms with van der Waals surface area (Å²) in [6, 6.07) is 2.11. The molecule has 4 heterocycles. The Morgan fingerprint density at radius 1 is 1.19 bits per heavy atom. The average molecular weight is 357 g/mol. The summed E-state index contributed by atoms with van der Waals surface area (Å²) in [6.45, 7) is 10.9. The molecular formula is C21H27NO4. The summed E-state index contributed by atoms with van der Waals surface area (Å²) in [7, 11) is 0. The van der Waals surface area contributed by atoms with Gasteiger partial charge in [0.1, 0.15) is 11.8 Å². The fourth-order valence-electron chi connectivity index (χ4n) is 6.02. The van der Waals surface area contributed by atoms with E-state index in [1.165, 1.54) is 16.7 Å². The Balaban J connectivity index is 1.67. The molecule has 4 aliphatic heterocycles. The fraction of sp³-hybridized carbons (Fsp3) is 0.667. The first-order valence-corrected chi connectivity index (χ1v) is 9.61. The van der Waals surface area contributed by atoms with E-state index in [-0.39, 0.29) is 24.0 Å². The van der Waals surface area contributed by atoms with E-state index in [4.69, 9.17) is 9.47 Å². The van der Waals surface area contributed by atoms with Crippen molar-refractivity contribution in [1.29, 1.82) is 0 Å². The molecule has 5 rings (SSSR count). The number of benzene rings is 1. The van der Waals surface area contributed by atoms with E-state index >= 15 is 0 Å². The normalized spacial score (nSPS) is 43.3. The maximum atomic E-state index is 13.6. The van der Waals surface area contributed by atoms with Gasteiger partial charge in [0.2, 0.25) is 5.91 Å². The zero-order valence-electron chi connectivity index (χ0n) is 16.1. The van der Waals surface area contributed by atoms with Gasteiger partial charge in [-0.25, -0.2) is 0 Å². The molecule has 4 saturated heterocycles. The molecule has 0 unspecified atom stereocenters. The highest BCUT2D eigenvalue weighted by Crippen LogP contribution is 2.65. The number of hydrogen-bond acceptors (Lipinski definition) is 4. The second kappa shape index (κ2) is 4.89. The smallest absolute Gasteiger partial charge is 0.235 e. The SMILES string of the molecule is Cc1cc(N2C(=O)[C@H]3[C@H]4[C@@H]2OCC[C@]42C[C@@H](O)[C@@]3(C)O2)c(C)c(C)c1C. The number of carbonyl (C=O) groups is 1. The third kappa shape index (κ3) is 1.70. The maximum absolute atomic E-state index is 13.6. The van der Waals surface area contributed by atoms with Gasteiger partial charge >= 0.3 is 0 Å². The molecular weight excluding hydrogens is 330 g/mol. The number of fused-ring (bicyclic) bond motifs is 2. The minimum absolute atomic E-state index is 0.00142. The Hall–Kier alpha value is -1.43. The molecule has 0 saturated carbocycles. The number of carbonyl (C=O) groups excluding carboxylic acids is 1. The van der Waals surface area contributed by atoms with Crippen LogP contribution in [0.1, 0.15) is 42.0 Å². The van der Waals surface area contributed by atoms with Crippen molar-refractivity contribution in [3.8, 4) is 0 Å². The molecule has 1 N–H and O–H groups in total. The molecule has 0 radical (unpaired) electrons. The van der Waals surface area contributed by atoms with Gasteiger partial charge in [-0.1, -0.05) is 0 Å². The third-order valence-corrected chi connectivity index (χ3v) is 7.80. The Morgan fingerprint density at radius 3 is 2.65 bits per heavy atom. The number of anilines is 1. The molecule has 140 valence electrons. The lowest BCUT2D eigenvalue weighted by molar-refractivity contribution is -0.142. The van der Waals surface area contributed by atoms with Gasteiger partial charge in [0, 0.05) is 24.4 Å². The van der Waals surface area contributed by atoms with Crippen LogP contribution < -0.4 is 4.90 Å². The number of aryl methyl sites for hydroxylation is 1. The number of amides is 1. The molecule has 1 aromatic rings. The lowest BCUT2D eigenvalue weighted by Gasteiger charge is -2.42. The van der Waals surface area contributed by atoms with E-state index in [0.29, 0.717) is 13.0 Å². The van der Waals surface area contributed by atoms with Crippen LogP contribution in [0.5, 0.6) is 0 Å². The molecule has 5 nitrogen and oxygen atoms in total. The molecule has 1 amide bonds. The Bertz CT molecular complexity index is 836. The van der Waals surface area contributed by atoms with Gasteiger partial charge in [-0.05, 0) is 62.9 Å². The summed E-state index contributed by atoms with van der Waals surface area (Å²) in [5, 5.41) is 10.6. The zero-order valence-corrected chi connectivity index (χ0v) is 16.1. The van der Waals surface area contributed by atoms with Crippen LogP contribution in [0.2, 0.25) is 0 Å². The van der Waals surface area contributed by atoms with E-state index < -0.39 is 17.3 Å². The van der Waals surface area contributed by atoms with Gasteiger partial charge in [-0.3, -0.25) is 9.69 Å². The van der Waals surface area contributed by atoms with Crippen LogP contribution in [0.15, 0.2) is 6.07 Å². The van der Waals surface area contributed by atoms with Gasteiger partial charge < -0.3 is 14.6 Å². The fourth-order valence-corrected chi connectivity index (χ4v) is 6.02. The highest BCUT2D eigenvalue weighted by atomic mass is 16.6. The Labute approximate surface area is 154 Å². The summed E-state index contributed by atoms with van der Waals surface area (Å²) in [6.07, 6.45) is 0.477. The van der Waals surface area contributed by atoms with Crippen LogP contribution in [-0.4, -0.2) is 41.2 Å². The van der Waals surface area contributed by atoms with E-state index in [1.807, 2.05) is 11.8 Å². The van der Waals surface area contributed by atoms with Crippen LogP contribution in [-0.2, 0) is 14.3 Å². The largest absolute Gasteiger partial charge is 0.390 e. The second-order valence-corrected chi connectivity index (χ2v) is 8.88. The van der Waals surface area contributed by atoms with Crippen molar-refractivity contribution in [3.05, 3.63) is 28.3 Å². The second-order valence-electron chi connectivity index (χ2n) is 8.88. The number of aliphatic hydroxyl groups is 1. The van der Waals surface area contributed by atoms with Gasteiger partial charge in [0.25, 0.3) is 0 Å². The maximum Gasteiger partial charge on any atom is 0.235 e. The van der Waals surface area contributed by atoms with Crippen molar-refractivity contribution in [2.75, 3.05) is 11.5 Å². The Morgan fingerprint density at radius 2 is 1.92 bits per heavy atom. The summed E-state index contributed by atoms with van der Waals surface area (Å²) < 4.78 is 12.5. The number of ether oxygens (including phenoxy) is 2. The van der Waals surface area contributed by atoms with Crippen LogP contribution in [0.3, 0.4) is 0 Å². The molecule has 5 heteroatoms. The van der Waals surface area contributed by atoms with Crippen LogP contribution in [0.4, 0.5) is 5.69 Å². The van der Waals surface area contributed by atoms with Crippen LogP contribution in [0.25, 0.3) is 0 Å². The van der Waals surface area contributed by atoms with Gasteiger partial charge in [0.05, 0.1) is 24.2 Å². The van der Waals surface area contributed by atoms with Crippen molar-refractivity contribution in [3.63, 3.8) is 0 Å². The minimum atomic E-state index is -0.800. The van der Waals surface area contributed by atoms with Gasteiger partial charge in [-0.15, -0.1) is 0 Å². The number of aliphatic hydroxyl groups excluding tert-OH is 1. The van der Waals surface area contributed by atoms with E-state index in [0.717, 1.165) is 17.7 Å². The van der Waals surface area contributed by atoms with Crippen molar-refractivity contribution < 1.29 is 19.4 Å². The lowest BCUT2D eigenvalue weighted by Crippen LogP contribution is -2.53. The summed E-state index contributed by atoms with van der Waals surface area (Å²) >= 11 is 0. The van der Waals surface area contributed by atoms with Gasteiger partial charge in [0.15, 0.2) is 0 Å². The topological polar surface area (TPSA) is 59.0 Å².